The van der Waals surface area contributed by atoms with Gasteiger partial charge in [-0.1, -0.05) is 12.1 Å². The second kappa shape index (κ2) is 10.3. The molecule has 10 heteroatoms. The van der Waals surface area contributed by atoms with Crippen LogP contribution in [0.1, 0.15) is 53.7 Å². The zero-order valence-electron chi connectivity index (χ0n) is 19.2. The van der Waals surface area contributed by atoms with Crippen LogP contribution in [0.5, 0.6) is 0 Å². The smallest absolute Gasteiger partial charge is 0.384 e. The molecule has 4 rings (SSSR count). The van der Waals surface area contributed by atoms with Crippen LogP contribution in [0.15, 0.2) is 48.7 Å². The van der Waals surface area contributed by atoms with Crippen LogP contribution in [0.3, 0.4) is 0 Å². The quantitative estimate of drug-likeness (QED) is 0.579. The lowest BCUT2D eigenvalue weighted by Gasteiger charge is -2.39. The lowest BCUT2D eigenvalue weighted by atomic mass is 9.79. The van der Waals surface area contributed by atoms with E-state index in [4.69, 9.17) is 0 Å². The fourth-order valence-corrected chi connectivity index (χ4v) is 4.95. The van der Waals surface area contributed by atoms with Crippen molar-refractivity contribution >= 4 is 11.8 Å². The molecule has 1 saturated heterocycles. The van der Waals surface area contributed by atoms with Gasteiger partial charge in [0.1, 0.15) is 5.60 Å². The largest absolute Gasteiger partial charge is 0.416 e. The number of carbonyl (C=O) groups excluding carboxylic acids is 2. The average molecular weight is 491 g/mol. The highest BCUT2D eigenvalue weighted by molar-refractivity contribution is 5.96. The van der Waals surface area contributed by atoms with E-state index in [-0.39, 0.29) is 24.1 Å². The summed E-state index contributed by atoms with van der Waals surface area (Å²) in [5.74, 6) is -1.12. The molecule has 1 unspecified atom stereocenters. The molecule has 2 amide bonds. The Labute approximate surface area is 201 Å². The van der Waals surface area contributed by atoms with E-state index in [1.165, 1.54) is 6.07 Å². The van der Waals surface area contributed by atoms with Gasteiger partial charge in [-0.3, -0.25) is 19.5 Å². The van der Waals surface area contributed by atoms with Crippen molar-refractivity contribution in [2.45, 2.75) is 56.0 Å². The van der Waals surface area contributed by atoms with Crippen molar-refractivity contribution in [2.75, 3.05) is 19.6 Å². The van der Waals surface area contributed by atoms with Crippen LogP contribution < -0.4 is 10.6 Å². The van der Waals surface area contributed by atoms with Crippen molar-refractivity contribution < 1.29 is 27.9 Å². The summed E-state index contributed by atoms with van der Waals surface area (Å²) in [6, 6.07) is 9.90. The maximum Gasteiger partial charge on any atom is 0.416 e. The minimum atomic E-state index is -4.54. The zero-order valence-corrected chi connectivity index (χ0v) is 19.2. The lowest BCUT2D eigenvalue weighted by molar-refractivity contribution is -0.137. The molecule has 2 aromatic rings. The number of carbonyl (C=O) groups is 2. The zero-order chi connectivity index (χ0) is 25.1. The summed E-state index contributed by atoms with van der Waals surface area (Å²) in [6.07, 6.45) is 0.843. The van der Waals surface area contributed by atoms with E-state index in [0.717, 1.165) is 44.0 Å². The van der Waals surface area contributed by atoms with E-state index in [0.29, 0.717) is 31.1 Å². The molecule has 35 heavy (non-hydrogen) atoms. The van der Waals surface area contributed by atoms with Crippen molar-refractivity contribution in [2.24, 2.45) is 0 Å². The molecule has 1 aromatic heterocycles. The fourth-order valence-electron chi connectivity index (χ4n) is 4.95. The van der Waals surface area contributed by atoms with Crippen molar-refractivity contribution in [1.29, 1.82) is 0 Å². The van der Waals surface area contributed by atoms with Gasteiger partial charge in [-0.25, -0.2) is 0 Å². The minimum absolute atomic E-state index is 0.0652. The van der Waals surface area contributed by atoms with E-state index in [2.05, 4.69) is 20.5 Å². The van der Waals surface area contributed by atoms with Gasteiger partial charge in [-0.05, 0) is 62.4 Å². The Balaban J connectivity index is 1.21. The average Bonchev–Trinajstić information content (AvgIpc) is 3.31. The number of pyridine rings is 1. The normalized spacial score (nSPS) is 25.3. The highest BCUT2D eigenvalue weighted by Crippen LogP contribution is 2.38. The highest BCUT2D eigenvalue weighted by Gasteiger charge is 2.39. The molecule has 2 heterocycles. The number of aromatic nitrogens is 1. The molecule has 1 aliphatic heterocycles. The van der Waals surface area contributed by atoms with Crippen LogP contribution in [-0.2, 0) is 16.6 Å². The summed E-state index contributed by atoms with van der Waals surface area (Å²) < 4.78 is 38.5. The SMILES string of the molecule is O=C(CNC(=O)c1cccc(C(F)(F)F)c1)NC1CCN(C2CCC(O)(c3ccccn3)CC2)C1. The third kappa shape index (κ3) is 6.18. The third-order valence-electron chi connectivity index (χ3n) is 6.89. The summed E-state index contributed by atoms with van der Waals surface area (Å²) in [4.78, 5) is 31.1. The molecule has 3 N–H and O–H groups in total. The predicted molar refractivity (Wildman–Crippen MR) is 122 cm³/mol. The Bertz CT molecular complexity index is 1040. The van der Waals surface area contributed by atoms with Gasteiger partial charge >= 0.3 is 6.18 Å². The van der Waals surface area contributed by atoms with Crippen LogP contribution in [0.2, 0.25) is 0 Å². The van der Waals surface area contributed by atoms with E-state index in [1.807, 2.05) is 18.2 Å². The molecule has 1 aromatic carbocycles. The molecule has 2 fully saturated rings. The van der Waals surface area contributed by atoms with E-state index >= 15 is 0 Å². The second-order valence-electron chi connectivity index (χ2n) is 9.29. The number of benzene rings is 1. The fraction of sp³-hybridized carbons (Fsp3) is 0.480. The van der Waals surface area contributed by atoms with Crippen molar-refractivity contribution in [3.63, 3.8) is 0 Å². The first-order valence-electron chi connectivity index (χ1n) is 11.8. The Kier molecular flexibility index (Phi) is 7.42. The maximum absolute atomic E-state index is 12.8. The number of amides is 2. The molecule has 1 aliphatic carbocycles. The molecule has 188 valence electrons. The number of nitrogens with zero attached hydrogens (tertiary/aromatic N) is 2. The van der Waals surface area contributed by atoms with Crippen LogP contribution in [0.4, 0.5) is 13.2 Å². The maximum atomic E-state index is 12.8. The Morgan fingerprint density at radius 2 is 1.89 bits per heavy atom. The molecule has 1 saturated carbocycles. The highest BCUT2D eigenvalue weighted by atomic mass is 19.4. The van der Waals surface area contributed by atoms with Crippen molar-refractivity contribution in [3.05, 3.63) is 65.5 Å². The molecule has 7 nitrogen and oxygen atoms in total. The first kappa shape index (κ1) is 25.1. The third-order valence-corrected chi connectivity index (χ3v) is 6.89. The van der Waals surface area contributed by atoms with Gasteiger partial charge < -0.3 is 15.7 Å². The van der Waals surface area contributed by atoms with Gasteiger partial charge in [-0.15, -0.1) is 0 Å². The first-order valence-corrected chi connectivity index (χ1v) is 11.8. The van der Waals surface area contributed by atoms with Crippen molar-refractivity contribution in [3.8, 4) is 0 Å². The number of hydrogen-bond acceptors (Lipinski definition) is 5. The Morgan fingerprint density at radius 3 is 2.57 bits per heavy atom. The molecule has 0 bridgehead atoms. The monoisotopic (exact) mass is 490 g/mol. The first-order chi connectivity index (χ1) is 16.6. The van der Waals surface area contributed by atoms with Crippen LogP contribution in [0, 0.1) is 0 Å². The summed E-state index contributed by atoms with van der Waals surface area (Å²) in [7, 11) is 0. The summed E-state index contributed by atoms with van der Waals surface area (Å²) in [5, 5.41) is 16.3. The van der Waals surface area contributed by atoms with Gasteiger partial charge in [0.15, 0.2) is 0 Å². The van der Waals surface area contributed by atoms with Crippen LogP contribution in [0.25, 0.3) is 0 Å². The van der Waals surface area contributed by atoms with Crippen molar-refractivity contribution in [1.82, 2.24) is 20.5 Å². The van der Waals surface area contributed by atoms with E-state index in [9.17, 15) is 27.9 Å². The summed E-state index contributed by atoms with van der Waals surface area (Å²) >= 11 is 0. The van der Waals surface area contributed by atoms with E-state index < -0.39 is 23.2 Å². The van der Waals surface area contributed by atoms with Gasteiger partial charge in [0, 0.05) is 36.9 Å². The topological polar surface area (TPSA) is 94.6 Å². The van der Waals surface area contributed by atoms with E-state index in [1.54, 1.807) is 6.20 Å². The molecule has 1 atom stereocenters. The number of hydrogen-bond donors (Lipinski definition) is 3. The number of alkyl halides is 3. The molecular formula is C25H29F3N4O3. The summed E-state index contributed by atoms with van der Waals surface area (Å²) in [5.41, 5.74) is -1.26. The Morgan fingerprint density at radius 1 is 1.11 bits per heavy atom. The van der Waals surface area contributed by atoms with Gasteiger partial charge in [0.05, 0.1) is 17.8 Å². The predicted octanol–water partition coefficient (Wildman–Crippen LogP) is 2.85. The summed E-state index contributed by atoms with van der Waals surface area (Å²) in [6.45, 7) is 1.19. The molecular weight excluding hydrogens is 461 g/mol. The molecule has 0 spiro atoms. The number of nitrogens with one attached hydrogen (secondary N) is 2. The van der Waals surface area contributed by atoms with Gasteiger partial charge in [0.25, 0.3) is 5.91 Å². The molecule has 2 aliphatic rings. The number of aliphatic hydroxyl groups is 1. The van der Waals surface area contributed by atoms with Crippen LogP contribution in [-0.4, -0.2) is 58.5 Å². The number of rotatable bonds is 6. The standard InChI is InChI=1S/C25H29F3N4O3/c26-25(27,28)18-5-3-4-17(14-18)23(34)30-15-22(33)31-19-9-13-32(16-19)20-7-10-24(35,11-8-20)21-6-1-2-12-29-21/h1-6,12,14,19-20,35H,7-11,13,15-16H2,(H,30,34)(H,31,33). The number of likely N-dealkylation sites (tertiary alicyclic amines) is 1. The number of halogens is 3. The van der Waals surface area contributed by atoms with Gasteiger partial charge in [-0.2, -0.15) is 13.2 Å². The lowest BCUT2D eigenvalue weighted by Crippen LogP contribution is -2.45. The Hall–Kier alpha value is -2.98. The van der Waals surface area contributed by atoms with Crippen LogP contribution >= 0.6 is 0 Å². The molecule has 0 radical (unpaired) electrons. The second-order valence-corrected chi connectivity index (χ2v) is 9.29. The van der Waals surface area contributed by atoms with Gasteiger partial charge in [0.2, 0.25) is 5.91 Å². The minimum Gasteiger partial charge on any atom is -0.384 e.